The summed E-state index contributed by atoms with van der Waals surface area (Å²) in [6.07, 6.45) is 8.84. The van der Waals surface area contributed by atoms with Gasteiger partial charge in [0.05, 0.1) is 0 Å². The van der Waals surface area contributed by atoms with Crippen molar-refractivity contribution in [2.45, 2.75) is 31.6 Å². The maximum atomic E-state index is 9.46. The lowest BCUT2D eigenvalue weighted by Gasteiger charge is -2.22. The summed E-state index contributed by atoms with van der Waals surface area (Å²) in [5.74, 6) is 0.768. The van der Waals surface area contributed by atoms with Gasteiger partial charge in [-0.15, -0.1) is 0 Å². The molecule has 1 aliphatic carbocycles. The number of benzene rings is 2. The molecule has 0 aliphatic heterocycles. The van der Waals surface area contributed by atoms with Crippen molar-refractivity contribution in [2.24, 2.45) is 0 Å². The maximum absolute atomic E-state index is 9.46. The van der Waals surface area contributed by atoms with E-state index in [-0.39, 0.29) is 0 Å². The van der Waals surface area contributed by atoms with Crippen molar-refractivity contribution in [3.05, 3.63) is 90.0 Å². The van der Waals surface area contributed by atoms with E-state index in [0.29, 0.717) is 11.7 Å². The molecule has 0 heterocycles. The number of aromatic hydroxyl groups is 1. The molecule has 2 heteroatoms. The van der Waals surface area contributed by atoms with Gasteiger partial charge < -0.3 is 10.4 Å². The van der Waals surface area contributed by atoms with E-state index in [0.717, 1.165) is 25.8 Å². The minimum atomic E-state index is 0.349. The standard InChI is InChI=1S/C14H16O.C9H13N/c1-2-11-6-3-4-9-14(11)12-7-5-8-13(15)10-12;1-10-8-7-9-5-3-2-4-6-9/h2,5-8,10,14-15H,1,3-4,9H2;2-6,10H,7-8H2,1H3. The molecule has 1 atom stereocenters. The Hall–Kier alpha value is -2.32. The first-order chi connectivity index (χ1) is 12.2. The molecule has 0 saturated heterocycles. The summed E-state index contributed by atoms with van der Waals surface area (Å²) in [5.41, 5.74) is 3.89. The Morgan fingerprint density at radius 2 is 1.96 bits per heavy atom. The van der Waals surface area contributed by atoms with Crippen molar-refractivity contribution in [3.63, 3.8) is 0 Å². The van der Waals surface area contributed by atoms with Gasteiger partial charge in [0.25, 0.3) is 0 Å². The number of rotatable bonds is 5. The number of phenolic OH excluding ortho intramolecular Hbond substituents is 1. The minimum absolute atomic E-state index is 0.349. The van der Waals surface area contributed by atoms with Crippen LogP contribution < -0.4 is 5.32 Å². The first-order valence-corrected chi connectivity index (χ1v) is 9.04. The van der Waals surface area contributed by atoms with Crippen LogP contribution in [0.5, 0.6) is 5.75 Å². The van der Waals surface area contributed by atoms with Crippen LogP contribution in [0.15, 0.2) is 78.9 Å². The van der Waals surface area contributed by atoms with Gasteiger partial charge in [0, 0.05) is 5.92 Å². The maximum Gasteiger partial charge on any atom is 0.115 e. The lowest BCUT2D eigenvalue weighted by Crippen LogP contribution is -2.09. The Labute approximate surface area is 151 Å². The van der Waals surface area contributed by atoms with E-state index in [1.807, 2.05) is 31.3 Å². The molecule has 25 heavy (non-hydrogen) atoms. The van der Waals surface area contributed by atoms with Gasteiger partial charge in [0.1, 0.15) is 5.75 Å². The fourth-order valence-corrected chi connectivity index (χ4v) is 3.14. The van der Waals surface area contributed by atoms with E-state index >= 15 is 0 Å². The molecule has 2 aromatic rings. The van der Waals surface area contributed by atoms with Crippen LogP contribution in [0.4, 0.5) is 0 Å². The Bertz CT molecular complexity index is 676. The Kier molecular flexibility index (Phi) is 8.00. The molecule has 1 unspecified atom stereocenters. The number of hydrogen-bond donors (Lipinski definition) is 2. The highest BCUT2D eigenvalue weighted by molar-refractivity contribution is 5.38. The quantitative estimate of drug-likeness (QED) is 0.785. The van der Waals surface area contributed by atoms with E-state index in [1.165, 1.54) is 23.1 Å². The van der Waals surface area contributed by atoms with Crippen LogP contribution in [0, 0.1) is 0 Å². The van der Waals surface area contributed by atoms with Gasteiger partial charge in [-0.25, -0.2) is 0 Å². The van der Waals surface area contributed by atoms with Gasteiger partial charge >= 0.3 is 0 Å². The number of likely N-dealkylation sites (N-methyl/N-ethyl adjacent to an activating group) is 1. The second-order valence-electron chi connectivity index (χ2n) is 6.33. The topological polar surface area (TPSA) is 32.3 Å². The summed E-state index contributed by atoms with van der Waals surface area (Å²) in [7, 11) is 1.98. The minimum Gasteiger partial charge on any atom is -0.508 e. The van der Waals surface area contributed by atoms with Crippen LogP contribution in [-0.4, -0.2) is 18.7 Å². The van der Waals surface area contributed by atoms with Gasteiger partial charge in [-0.2, -0.15) is 0 Å². The third-order valence-corrected chi connectivity index (χ3v) is 4.49. The number of hydrogen-bond acceptors (Lipinski definition) is 2. The van der Waals surface area contributed by atoms with Crippen molar-refractivity contribution in [1.82, 2.24) is 5.32 Å². The number of nitrogens with one attached hydrogen (secondary N) is 1. The number of phenols is 1. The van der Waals surface area contributed by atoms with E-state index in [9.17, 15) is 5.11 Å². The van der Waals surface area contributed by atoms with Crippen LogP contribution in [0.3, 0.4) is 0 Å². The first kappa shape index (κ1) is 19.0. The summed E-state index contributed by atoms with van der Waals surface area (Å²) in [6, 6.07) is 18.0. The zero-order valence-corrected chi connectivity index (χ0v) is 15.1. The first-order valence-electron chi connectivity index (χ1n) is 9.04. The SMILES string of the molecule is C=CC1=CCCCC1c1cccc(O)c1.CNCCc1ccccc1. The van der Waals surface area contributed by atoms with E-state index in [4.69, 9.17) is 0 Å². The molecule has 2 N–H and O–H groups in total. The molecule has 0 saturated carbocycles. The van der Waals surface area contributed by atoms with E-state index < -0.39 is 0 Å². The Balaban J connectivity index is 0.000000196. The van der Waals surface area contributed by atoms with Gasteiger partial charge in [0.15, 0.2) is 0 Å². The van der Waals surface area contributed by atoms with Crippen LogP contribution in [0.1, 0.15) is 36.3 Å². The third-order valence-electron chi connectivity index (χ3n) is 4.49. The van der Waals surface area contributed by atoms with Crippen LogP contribution in [0.25, 0.3) is 0 Å². The van der Waals surface area contributed by atoms with Crippen molar-refractivity contribution < 1.29 is 5.11 Å². The van der Waals surface area contributed by atoms with Crippen molar-refractivity contribution in [1.29, 1.82) is 0 Å². The lowest BCUT2D eigenvalue weighted by molar-refractivity contribution is 0.473. The van der Waals surface area contributed by atoms with E-state index in [1.54, 1.807) is 6.07 Å². The molecular formula is C23H29NO. The number of allylic oxidation sites excluding steroid dienone is 3. The fraction of sp³-hybridized carbons (Fsp3) is 0.304. The van der Waals surface area contributed by atoms with Gasteiger partial charge in [-0.3, -0.25) is 0 Å². The summed E-state index contributed by atoms with van der Waals surface area (Å²) in [5, 5.41) is 12.6. The van der Waals surface area contributed by atoms with Gasteiger partial charge in [-0.05, 0) is 68.1 Å². The van der Waals surface area contributed by atoms with Crippen LogP contribution in [-0.2, 0) is 6.42 Å². The highest BCUT2D eigenvalue weighted by Gasteiger charge is 2.17. The molecule has 0 bridgehead atoms. The average Bonchev–Trinajstić information content (AvgIpc) is 2.67. The Morgan fingerprint density at radius 3 is 2.64 bits per heavy atom. The van der Waals surface area contributed by atoms with Crippen molar-refractivity contribution in [3.8, 4) is 5.75 Å². The molecule has 132 valence electrons. The summed E-state index contributed by atoms with van der Waals surface area (Å²) in [6.45, 7) is 4.91. The predicted octanol–water partition coefficient (Wildman–Crippen LogP) is 5.22. The Morgan fingerprint density at radius 1 is 1.16 bits per heavy atom. The van der Waals surface area contributed by atoms with Crippen LogP contribution in [0.2, 0.25) is 0 Å². The smallest absolute Gasteiger partial charge is 0.115 e. The largest absolute Gasteiger partial charge is 0.508 e. The molecule has 3 rings (SSSR count). The highest BCUT2D eigenvalue weighted by Crippen LogP contribution is 2.35. The molecule has 0 spiro atoms. The second-order valence-corrected chi connectivity index (χ2v) is 6.33. The molecule has 0 aromatic heterocycles. The van der Waals surface area contributed by atoms with E-state index in [2.05, 4.69) is 48.3 Å². The van der Waals surface area contributed by atoms with Crippen molar-refractivity contribution in [2.75, 3.05) is 13.6 Å². The lowest BCUT2D eigenvalue weighted by atomic mass is 9.82. The molecule has 0 radical (unpaired) electrons. The van der Waals surface area contributed by atoms with Gasteiger partial charge in [-0.1, -0.05) is 61.2 Å². The van der Waals surface area contributed by atoms with Gasteiger partial charge in [0.2, 0.25) is 0 Å². The second kappa shape index (κ2) is 10.5. The average molecular weight is 335 g/mol. The summed E-state index contributed by atoms with van der Waals surface area (Å²) < 4.78 is 0. The normalized spacial score (nSPS) is 16.4. The fourth-order valence-electron chi connectivity index (χ4n) is 3.14. The molecule has 2 aromatic carbocycles. The molecule has 1 aliphatic rings. The molecule has 0 fully saturated rings. The predicted molar refractivity (Wildman–Crippen MR) is 107 cm³/mol. The zero-order chi connectivity index (χ0) is 17.9. The monoisotopic (exact) mass is 335 g/mol. The highest BCUT2D eigenvalue weighted by atomic mass is 16.3. The van der Waals surface area contributed by atoms with Crippen LogP contribution >= 0.6 is 0 Å². The third kappa shape index (κ3) is 6.24. The summed E-state index contributed by atoms with van der Waals surface area (Å²) >= 11 is 0. The molecule has 0 amide bonds. The summed E-state index contributed by atoms with van der Waals surface area (Å²) in [4.78, 5) is 0. The molecular weight excluding hydrogens is 306 g/mol. The zero-order valence-electron chi connectivity index (χ0n) is 15.1. The van der Waals surface area contributed by atoms with Crippen molar-refractivity contribution >= 4 is 0 Å². The molecule has 2 nitrogen and oxygen atoms in total.